The third-order valence-electron chi connectivity index (χ3n) is 4.42. The molecule has 0 aliphatic carbocycles. The molecular formula is C19H25ClN8O4S. The first-order valence-electron chi connectivity index (χ1n) is 9.79. The number of unbranched alkanes of at least 4 members (excludes halogenated alkanes) is 1. The fourth-order valence-corrected chi connectivity index (χ4v) is 4.06. The minimum atomic E-state index is -3.54. The van der Waals surface area contributed by atoms with E-state index >= 15 is 0 Å². The van der Waals surface area contributed by atoms with E-state index < -0.39 is 21.7 Å². The summed E-state index contributed by atoms with van der Waals surface area (Å²) in [5, 5.41) is 2.20. The number of carbonyl (C=O) groups is 2. The lowest BCUT2D eigenvalue weighted by molar-refractivity contribution is -0.117. The van der Waals surface area contributed by atoms with Crippen molar-refractivity contribution >= 4 is 50.8 Å². The number of nitrogens with one attached hydrogen (secondary N) is 1. The Morgan fingerprint density at radius 2 is 1.70 bits per heavy atom. The van der Waals surface area contributed by atoms with Crippen LogP contribution >= 0.6 is 11.6 Å². The van der Waals surface area contributed by atoms with Gasteiger partial charge in [0.15, 0.2) is 38.3 Å². The molecule has 0 bridgehead atoms. The summed E-state index contributed by atoms with van der Waals surface area (Å²) in [6, 6.07) is 6.46. The summed E-state index contributed by atoms with van der Waals surface area (Å²) in [5.74, 6) is -2.08. The number of hydrogen-bond donors (Lipinski definition) is 5. The van der Waals surface area contributed by atoms with Gasteiger partial charge in [0.1, 0.15) is 0 Å². The van der Waals surface area contributed by atoms with E-state index in [-0.39, 0.29) is 45.5 Å². The molecule has 1 aromatic carbocycles. The maximum absolute atomic E-state index is 12.2. The molecule has 1 heterocycles. The number of rotatable bonds is 10. The van der Waals surface area contributed by atoms with E-state index in [1.54, 1.807) is 12.1 Å². The molecule has 0 aliphatic heterocycles. The molecule has 14 heteroatoms. The third kappa shape index (κ3) is 7.88. The van der Waals surface area contributed by atoms with Crippen molar-refractivity contribution in [1.82, 2.24) is 15.3 Å². The smallest absolute Gasteiger partial charge is 0.280 e. The van der Waals surface area contributed by atoms with Crippen molar-refractivity contribution in [2.24, 2.45) is 16.5 Å². The zero-order chi connectivity index (χ0) is 24.6. The van der Waals surface area contributed by atoms with Crippen LogP contribution in [-0.4, -0.2) is 48.5 Å². The van der Waals surface area contributed by atoms with E-state index in [1.165, 1.54) is 12.1 Å². The van der Waals surface area contributed by atoms with Gasteiger partial charge in [-0.1, -0.05) is 23.7 Å². The zero-order valence-electron chi connectivity index (χ0n) is 17.6. The lowest BCUT2D eigenvalue weighted by Crippen LogP contribution is -2.38. The highest BCUT2D eigenvalue weighted by molar-refractivity contribution is 7.91. The number of nitrogens with zero attached hydrogens (tertiary/aromatic N) is 3. The van der Waals surface area contributed by atoms with Crippen LogP contribution in [0, 0.1) is 0 Å². The minimum Gasteiger partial charge on any atom is -0.382 e. The van der Waals surface area contributed by atoms with E-state index in [2.05, 4.69) is 20.3 Å². The van der Waals surface area contributed by atoms with E-state index in [4.69, 9.17) is 34.5 Å². The number of primary amides is 1. The quantitative estimate of drug-likeness (QED) is 0.169. The molecular weight excluding hydrogens is 472 g/mol. The Morgan fingerprint density at radius 1 is 1.03 bits per heavy atom. The fourth-order valence-electron chi connectivity index (χ4n) is 2.68. The average Bonchev–Trinajstić information content (AvgIpc) is 2.75. The standard InChI is InChI=1S/C19H25ClN8O4S/c20-15-17(23)27-16(22)14(26-15)18(30)28-19(24)25-9-2-1-3-11-4-6-12(7-5-11)33(31,32)10-8-13(21)29/h4-7H,1-3,8-10H2,(H2,21,29)(H4,22,23,27)(H3,24,25,28,30). The van der Waals surface area contributed by atoms with Crippen molar-refractivity contribution in [3.63, 3.8) is 0 Å². The molecule has 33 heavy (non-hydrogen) atoms. The number of sulfone groups is 1. The summed E-state index contributed by atoms with van der Waals surface area (Å²) in [6.45, 7) is 0.356. The number of benzene rings is 1. The minimum absolute atomic E-state index is 0.0910. The van der Waals surface area contributed by atoms with Crippen LogP contribution in [0.1, 0.15) is 35.3 Å². The molecule has 2 rings (SSSR count). The maximum atomic E-state index is 12.2. The molecule has 1 aromatic heterocycles. The summed E-state index contributed by atoms with van der Waals surface area (Å²) in [5.41, 5.74) is 22.5. The first-order valence-corrected chi connectivity index (χ1v) is 11.8. The number of halogens is 1. The zero-order valence-corrected chi connectivity index (χ0v) is 19.2. The van der Waals surface area contributed by atoms with Crippen molar-refractivity contribution in [2.45, 2.75) is 30.6 Å². The Balaban J connectivity index is 1.80. The Bertz CT molecular complexity index is 1150. The normalized spacial score (nSPS) is 11.8. The lowest BCUT2D eigenvalue weighted by atomic mass is 10.1. The van der Waals surface area contributed by atoms with Crippen LogP contribution in [-0.2, 0) is 21.1 Å². The number of hydrogen-bond acceptors (Lipinski definition) is 9. The molecule has 0 spiro atoms. The maximum Gasteiger partial charge on any atom is 0.280 e. The molecule has 0 saturated carbocycles. The Kier molecular flexibility index (Phi) is 8.94. The van der Waals surface area contributed by atoms with Gasteiger partial charge in [-0.3, -0.25) is 19.9 Å². The SMILES string of the molecule is NC(=O)CCS(=O)(=O)c1ccc(CCCCN=C(N)NC(=O)c2nc(Cl)c(N)nc2N)cc1. The van der Waals surface area contributed by atoms with Crippen LogP contribution in [0.15, 0.2) is 34.2 Å². The van der Waals surface area contributed by atoms with Gasteiger partial charge in [0.25, 0.3) is 5.91 Å². The Morgan fingerprint density at radius 3 is 2.33 bits per heavy atom. The van der Waals surface area contributed by atoms with Crippen LogP contribution in [0.25, 0.3) is 0 Å². The van der Waals surface area contributed by atoms with Gasteiger partial charge in [0.2, 0.25) is 5.91 Å². The van der Waals surface area contributed by atoms with Crippen LogP contribution in [0.4, 0.5) is 11.6 Å². The first kappa shape index (κ1) is 25.8. The second-order valence-corrected chi connectivity index (χ2v) is 9.46. The Labute approximate surface area is 195 Å². The van der Waals surface area contributed by atoms with Gasteiger partial charge in [-0.15, -0.1) is 0 Å². The molecule has 12 nitrogen and oxygen atoms in total. The van der Waals surface area contributed by atoms with E-state index in [9.17, 15) is 18.0 Å². The number of nitrogen functional groups attached to an aromatic ring is 2. The lowest BCUT2D eigenvalue weighted by Gasteiger charge is -2.07. The number of aliphatic imine (C=N–C) groups is 1. The molecule has 0 radical (unpaired) electrons. The second kappa shape index (κ2) is 11.4. The molecule has 9 N–H and O–H groups in total. The molecule has 2 aromatic rings. The summed E-state index contributed by atoms with van der Waals surface area (Å²) in [6.07, 6.45) is 1.90. The largest absolute Gasteiger partial charge is 0.382 e. The molecule has 0 atom stereocenters. The summed E-state index contributed by atoms with van der Waals surface area (Å²) < 4.78 is 24.3. The van der Waals surface area contributed by atoms with Gasteiger partial charge in [-0.05, 0) is 37.0 Å². The average molecular weight is 497 g/mol. The number of anilines is 2. The topological polar surface area (TPSA) is 223 Å². The van der Waals surface area contributed by atoms with Gasteiger partial charge < -0.3 is 22.9 Å². The molecule has 0 fully saturated rings. The molecule has 178 valence electrons. The highest BCUT2D eigenvalue weighted by Gasteiger charge is 2.17. The van der Waals surface area contributed by atoms with Gasteiger partial charge >= 0.3 is 0 Å². The highest BCUT2D eigenvalue weighted by Crippen LogP contribution is 2.17. The monoisotopic (exact) mass is 496 g/mol. The van der Waals surface area contributed by atoms with Crippen molar-refractivity contribution in [3.8, 4) is 0 Å². The number of carbonyl (C=O) groups excluding carboxylic acids is 2. The molecule has 2 amide bonds. The number of nitrogens with two attached hydrogens (primary N) is 4. The van der Waals surface area contributed by atoms with Gasteiger partial charge in [-0.25, -0.2) is 18.4 Å². The van der Waals surface area contributed by atoms with Gasteiger partial charge in [0.05, 0.1) is 10.6 Å². The van der Waals surface area contributed by atoms with E-state index in [0.29, 0.717) is 19.4 Å². The molecule has 0 aliphatic rings. The predicted molar refractivity (Wildman–Crippen MR) is 125 cm³/mol. The molecule has 0 saturated heterocycles. The van der Waals surface area contributed by atoms with Crippen LogP contribution in [0.5, 0.6) is 0 Å². The fraction of sp³-hybridized carbons (Fsp3) is 0.316. The second-order valence-electron chi connectivity index (χ2n) is 6.99. The summed E-state index contributed by atoms with van der Waals surface area (Å²) in [4.78, 5) is 34.7. The number of guanidine groups is 1. The summed E-state index contributed by atoms with van der Waals surface area (Å²) in [7, 11) is -3.54. The number of aromatic nitrogens is 2. The summed E-state index contributed by atoms with van der Waals surface area (Å²) >= 11 is 5.75. The highest BCUT2D eigenvalue weighted by atomic mass is 35.5. The van der Waals surface area contributed by atoms with E-state index in [1.807, 2.05) is 0 Å². The van der Waals surface area contributed by atoms with Crippen molar-refractivity contribution in [1.29, 1.82) is 0 Å². The predicted octanol–water partition coefficient (Wildman–Crippen LogP) is 0.0109. The number of amides is 2. The Hall–Kier alpha value is -3.45. The van der Waals surface area contributed by atoms with Gasteiger partial charge in [0, 0.05) is 13.0 Å². The van der Waals surface area contributed by atoms with Crippen LogP contribution in [0.3, 0.4) is 0 Å². The van der Waals surface area contributed by atoms with Crippen LogP contribution in [0.2, 0.25) is 5.15 Å². The first-order chi connectivity index (χ1) is 15.5. The molecule has 0 unspecified atom stereocenters. The van der Waals surface area contributed by atoms with E-state index in [0.717, 1.165) is 12.0 Å². The van der Waals surface area contributed by atoms with Gasteiger partial charge in [-0.2, -0.15) is 0 Å². The van der Waals surface area contributed by atoms with Crippen molar-refractivity contribution < 1.29 is 18.0 Å². The van der Waals surface area contributed by atoms with Crippen molar-refractivity contribution in [3.05, 3.63) is 40.7 Å². The number of aryl methyl sites for hydroxylation is 1. The van der Waals surface area contributed by atoms with Crippen molar-refractivity contribution in [2.75, 3.05) is 23.8 Å². The third-order valence-corrected chi connectivity index (χ3v) is 6.43. The van der Waals surface area contributed by atoms with Crippen LogP contribution < -0.4 is 28.3 Å².